The topological polar surface area (TPSA) is 66.5 Å². The minimum absolute atomic E-state index is 0.0907. The normalized spacial score (nSPS) is 20.3. The second-order valence-corrected chi connectivity index (χ2v) is 9.34. The zero-order valence-electron chi connectivity index (χ0n) is 16.0. The Labute approximate surface area is 161 Å². The molecule has 0 radical (unpaired) electrons. The fourth-order valence-corrected chi connectivity index (χ4v) is 4.83. The quantitative estimate of drug-likeness (QED) is 0.866. The number of likely N-dealkylation sites (tertiary alicyclic amines) is 1. The van der Waals surface area contributed by atoms with Crippen LogP contribution in [0.15, 0.2) is 53.4 Å². The second-order valence-electron chi connectivity index (χ2n) is 7.66. The fourth-order valence-electron chi connectivity index (χ4n) is 3.73. The van der Waals surface area contributed by atoms with Crippen molar-refractivity contribution in [3.63, 3.8) is 0 Å². The molecule has 3 rings (SSSR count). The molecule has 5 nitrogen and oxygen atoms in total. The molecule has 2 aromatic rings. The first kappa shape index (κ1) is 19.4. The van der Waals surface area contributed by atoms with E-state index >= 15 is 0 Å². The number of benzene rings is 2. The molecule has 0 unspecified atom stereocenters. The summed E-state index contributed by atoms with van der Waals surface area (Å²) in [6.07, 6.45) is 1.11. The van der Waals surface area contributed by atoms with Crippen LogP contribution in [0.2, 0.25) is 0 Å². The van der Waals surface area contributed by atoms with Gasteiger partial charge in [-0.15, -0.1) is 0 Å². The van der Waals surface area contributed by atoms with Gasteiger partial charge >= 0.3 is 0 Å². The summed E-state index contributed by atoms with van der Waals surface area (Å²) in [6.45, 7) is 7.60. The van der Waals surface area contributed by atoms with Crippen LogP contribution in [-0.2, 0) is 10.0 Å². The van der Waals surface area contributed by atoms with E-state index in [1.807, 2.05) is 17.9 Å². The maximum absolute atomic E-state index is 12.9. The minimum Gasteiger partial charge on any atom is -0.338 e. The molecular weight excluding hydrogens is 360 g/mol. The van der Waals surface area contributed by atoms with Gasteiger partial charge in [0, 0.05) is 24.3 Å². The van der Waals surface area contributed by atoms with E-state index in [2.05, 4.69) is 18.6 Å². The molecule has 1 saturated heterocycles. The first-order chi connectivity index (χ1) is 12.7. The molecule has 1 aliphatic rings. The molecule has 27 heavy (non-hydrogen) atoms. The van der Waals surface area contributed by atoms with Crippen LogP contribution in [0.5, 0.6) is 0 Å². The van der Waals surface area contributed by atoms with Gasteiger partial charge in [0.1, 0.15) is 0 Å². The van der Waals surface area contributed by atoms with E-state index in [9.17, 15) is 13.2 Å². The van der Waals surface area contributed by atoms with Crippen LogP contribution in [0, 0.1) is 18.8 Å². The first-order valence-corrected chi connectivity index (χ1v) is 10.7. The van der Waals surface area contributed by atoms with Crippen molar-refractivity contribution in [1.82, 2.24) is 4.90 Å². The van der Waals surface area contributed by atoms with Crippen molar-refractivity contribution in [1.29, 1.82) is 0 Å². The number of carbonyl (C=O) groups excluding carboxylic acids is 1. The molecule has 0 aliphatic carbocycles. The highest BCUT2D eigenvalue weighted by molar-refractivity contribution is 7.92. The summed E-state index contributed by atoms with van der Waals surface area (Å²) in [5.74, 6) is 0.793. The molecule has 0 spiro atoms. The van der Waals surface area contributed by atoms with Gasteiger partial charge in [0.25, 0.3) is 15.9 Å². The summed E-state index contributed by atoms with van der Waals surface area (Å²) in [6, 6.07) is 13.4. The zero-order chi connectivity index (χ0) is 19.6. The summed E-state index contributed by atoms with van der Waals surface area (Å²) in [5.41, 5.74) is 1.88. The molecule has 0 aromatic heterocycles. The number of rotatable bonds is 4. The Morgan fingerprint density at radius 1 is 1.04 bits per heavy atom. The molecule has 1 heterocycles. The summed E-state index contributed by atoms with van der Waals surface area (Å²) in [4.78, 5) is 14.8. The van der Waals surface area contributed by atoms with Gasteiger partial charge in [-0.1, -0.05) is 32.0 Å². The predicted molar refractivity (Wildman–Crippen MR) is 107 cm³/mol. The average Bonchev–Trinajstić information content (AvgIpc) is 2.60. The highest BCUT2D eigenvalue weighted by Crippen LogP contribution is 2.24. The van der Waals surface area contributed by atoms with E-state index in [0.29, 0.717) is 36.2 Å². The van der Waals surface area contributed by atoms with E-state index in [4.69, 9.17) is 0 Å². The first-order valence-electron chi connectivity index (χ1n) is 9.23. The molecule has 2 atom stereocenters. The van der Waals surface area contributed by atoms with Crippen LogP contribution in [0.25, 0.3) is 0 Å². The van der Waals surface area contributed by atoms with Gasteiger partial charge in [-0.05, 0) is 61.1 Å². The third-order valence-electron chi connectivity index (χ3n) is 4.82. The molecule has 2 aromatic carbocycles. The Morgan fingerprint density at radius 3 is 2.37 bits per heavy atom. The average molecular weight is 387 g/mol. The maximum atomic E-state index is 12.9. The van der Waals surface area contributed by atoms with Crippen molar-refractivity contribution in [3.8, 4) is 0 Å². The molecule has 0 saturated carbocycles. The van der Waals surface area contributed by atoms with Crippen LogP contribution < -0.4 is 4.72 Å². The van der Waals surface area contributed by atoms with E-state index in [-0.39, 0.29) is 10.8 Å². The molecule has 1 fully saturated rings. The smallest absolute Gasteiger partial charge is 0.261 e. The Bertz CT molecular complexity index is 930. The highest BCUT2D eigenvalue weighted by Gasteiger charge is 2.27. The monoisotopic (exact) mass is 386 g/mol. The van der Waals surface area contributed by atoms with Gasteiger partial charge in [-0.25, -0.2) is 8.42 Å². The Balaban J connectivity index is 1.83. The Hall–Kier alpha value is -2.34. The molecule has 0 bridgehead atoms. The van der Waals surface area contributed by atoms with Gasteiger partial charge in [-0.3, -0.25) is 9.52 Å². The number of hydrogen-bond donors (Lipinski definition) is 1. The molecule has 1 amide bonds. The number of sulfonamides is 1. The van der Waals surface area contributed by atoms with Crippen molar-refractivity contribution < 1.29 is 13.2 Å². The van der Waals surface area contributed by atoms with E-state index in [1.54, 1.807) is 30.3 Å². The minimum atomic E-state index is -3.76. The largest absolute Gasteiger partial charge is 0.338 e. The summed E-state index contributed by atoms with van der Waals surface area (Å²) in [7, 11) is -3.76. The number of hydrogen-bond acceptors (Lipinski definition) is 3. The molecule has 1 N–H and O–H groups in total. The fraction of sp³-hybridized carbons (Fsp3) is 0.381. The van der Waals surface area contributed by atoms with Gasteiger partial charge in [-0.2, -0.15) is 0 Å². The second kappa shape index (κ2) is 7.72. The lowest BCUT2D eigenvalue weighted by Crippen LogP contribution is -2.42. The van der Waals surface area contributed by atoms with Crippen molar-refractivity contribution in [2.45, 2.75) is 32.1 Å². The van der Waals surface area contributed by atoms with Gasteiger partial charge in [0.2, 0.25) is 0 Å². The van der Waals surface area contributed by atoms with Crippen molar-refractivity contribution >= 4 is 21.6 Å². The lowest BCUT2D eigenvalue weighted by Gasteiger charge is -2.35. The summed E-state index contributed by atoms with van der Waals surface area (Å²) < 4.78 is 28.0. The van der Waals surface area contributed by atoms with Gasteiger partial charge in [0.05, 0.1) is 4.90 Å². The summed E-state index contributed by atoms with van der Waals surface area (Å²) >= 11 is 0. The van der Waals surface area contributed by atoms with Gasteiger partial charge < -0.3 is 4.90 Å². The Kier molecular flexibility index (Phi) is 5.56. The van der Waals surface area contributed by atoms with E-state index < -0.39 is 10.0 Å². The number of nitrogens with zero attached hydrogens (tertiary/aromatic N) is 1. The highest BCUT2D eigenvalue weighted by atomic mass is 32.2. The Morgan fingerprint density at radius 2 is 1.70 bits per heavy atom. The van der Waals surface area contributed by atoms with Crippen LogP contribution in [-0.4, -0.2) is 32.3 Å². The van der Waals surface area contributed by atoms with E-state index in [1.165, 1.54) is 12.1 Å². The van der Waals surface area contributed by atoms with Crippen LogP contribution >= 0.6 is 0 Å². The van der Waals surface area contributed by atoms with Crippen LogP contribution in [0.1, 0.15) is 36.2 Å². The van der Waals surface area contributed by atoms with Crippen LogP contribution in [0.4, 0.5) is 5.69 Å². The SMILES string of the molecule is Cc1cccc(NS(=O)(=O)c2cccc(C(=O)N3C[C@@H](C)C[C@H](C)C3)c2)c1. The van der Waals surface area contributed by atoms with Crippen LogP contribution in [0.3, 0.4) is 0 Å². The number of nitrogens with one attached hydrogen (secondary N) is 1. The van der Waals surface area contributed by atoms with Crippen molar-refractivity contribution in [2.75, 3.05) is 17.8 Å². The van der Waals surface area contributed by atoms with E-state index in [0.717, 1.165) is 12.0 Å². The van der Waals surface area contributed by atoms with Crippen molar-refractivity contribution in [2.24, 2.45) is 11.8 Å². The molecule has 6 heteroatoms. The lowest BCUT2D eigenvalue weighted by atomic mass is 9.91. The summed E-state index contributed by atoms with van der Waals surface area (Å²) in [5, 5.41) is 0. The predicted octanol–water partition coefficient (Wildman–Crippen LogP) is 3.91. The number of piperidine rings is 1. The number of carbonyl (C=O) groups is 1. The number of aryl methyl sites for hydroxylation is 1. The van der Waals surface area contributed by atoms with Crippen molar-refractivity contribution in [3.05, 3.63) is 59.7 Å². The number of amides is 1. The molecule has 144 valence electrons. The number of anilines is 1. The molecular formula is C21H26N2O3S. The standard InChI is InChI=1S/C21H26N2O3S/c1-15-6-4-8-19(11-15)22-27(25,26)20-9-5-7-18(12-20)21(24)23-13-16(2)10-17(3)14-23/h4-9,11-12,16-17,22H,10,13-14H2,1-3H3/t16-,17-/m0/s1. The zero-order valence-corrected chi connectivity index (χ0v) is 16.8. The maximum Gasteiger partial charge on any atom is 0.261 e. The third kappa shape index (κ3) is 4.69. The van der Waals surface area contributed by atoms with Gasteiger partial charge in [0.15, 0.2) is 0 Å². The third-order valence-corrected chi connectivity index (χ3v) is 6.20. The molecule has 1 aliphatic heterocycles. The lowest BCUT2D eigenvalue weighted by molar-refractivity contribution is 0.0623.